The Balaban J connectivity index is 0. The van der Waals surface area contributed by atoms with Gasteiger partial charge in [-0.05, 0) is 45.9 Å². The zero-order valence-corrected chi connectivity index (χ0v) is 18.7. The second-order valence-corrected chi connectivity index (χ2v) is 5.31. The molecule has 0 radical (unpaired) electrons. The summed E-state index contributed by atoms with van der Waals surface area (Å²) in [7, 11) is 0. The van der Waals surface area contributed by atoms with Crippen molar-refractivity contribution >= 4 is 17.7 Å². The molecule has 0 atom stereocenters. The number of hydrogen-bond donors (Lipinski definition) is 0. The first-order valence-corrected chi connectivity index (χ1v) is 9.58. The van der Waals surface area contributed by atoms with Crippen LogP contribution >= 0.6 is 0 Å². The van der Waals surface area contributed by atoms with Crippen LogP contribution in [0.3, 0.4) is 0 Å². The van der Waals surface area contributed by atoms with Crippen molar-refractivity contribution < 1.29 is 14.5 Å². The highest BCUT2D eigenvalue weighted by Gasteiger charge is 2.19. The average Bonchev–Trinajstić information content (AvgIpc) is 3.08. The number of aromatic nitrogens is 1. The molecule has 0 spiro atoms. The van der Waals surface area contributed by atoms with Crippen molar-refractivity contribution in [3.05, 3.63) is 76.1 Å². The van der Waals surface area contributed by atoms with E-state index < -0.39 is 10.9 Å². The summed E-state index contributed by atoms with van der Waals surface area (Å²) < 4.78 is 6.87. The molecule has 0 fully saturated rings. The zero-order chi connectivity index (χ0) is 23.7. The standard InChI is InChI=1S/C17H18N2O4.C3H6.C2H6.C2H2/c1-4-7-13-11-16(17(20)23-5-2)12(3)18(13)14-8-6-9-15(10-14)19(21)22;1-3-2;2*1-2/h4,6-11H,5H2,1-3H3;3H,1H2,2H3;1-2H3;1-2H/b7-4+;;;. The molecule has 0 unspecified atom stereocenters. The van der Waals surface area contributed by atoms with E-state index in [0.29, 0.717) is 23.6 Å². The number of rotatable bonds is 5. The van der Waals surface area contributed by atoms with Crippen LogP contribution in [0, 0.1) is 29.9 Å². The number of carbonyl (C=O) groups excluding carboxylic acids is 1. The van der Waals surface area contributed by atoms with E-state index in [1.165, 1.54) is 12.1 Å². The number of nitrogens with zero attached hydrogens (tertiary/aromatic N) is 2. The minimum atomic E-state index is -0.441. The molecule has 2 rings (SSSR count). The lowest BCUT2D eigenvalue weighted by atomic mass is 10.2. The fourth-order valence-electron chi connectivity index (χ4n) is 2.43. The minimum Gasteiger partial charge on any atom is -0.462 e. The smallest absolute Gasteiger partial charge is 0.339 e. The van der Waals surface area contributed by atoms with Gasteiger partial charge >= 0.3 is 5.97 Å². The van der Waals surface area contributed by atoms with Crippen LogP contribution in [-0.2, 0) is 4.74 Å². The lowest BCUT2D eigenvalue weighted by Gasteiger charge is -2.10. The van der Waals surface area contributed by atoms with Crippen molar-refractivity contribution in [3.8, 4) is 18.5 Å². The van der Waals surface area contributed by atoms with E-state index in [1.807, 2.05) is 39.8 Å². The van der Waals surface area contributed by atoms with Crippen LogP contribution in [0.15, 0.2) is 49.1 Å². The van der Waals surface area contributed by atoms with Crippen LogP contribution in [0.4, 0.5) is 5.69 Å². The fourth-order valence-corrected chi connectivity index (χ4v) is 2.43. The van der Waals surface area contributed by atoms with Gasteiger partial charge in [0.05, 0.1) is 22.8 Å². The Kier molecular flexibility index (Phi) is 15.6. The molecule has 0 N–H and O–H groups in total. The first-order chi connectivity index (χ1) is 14.4. The summed E-state index contributed by atoms with van der Waals surface area (Å²) in [4.78, 5) is 22.6. The fraction of sp³-hybridized carbons (Fsp3) is 0.292. The third kappa shape index (κ3) is 8.19. The molecule has 0 saturated carbocycles. The molecule has 0 aliphatic rings. The Hall–Kier alpha value is -3.59. The largest absolute Gasteiger partial charge is 0.462 e. The van der Waals surface area contributed by atoms with E-state index in [-0.39, 0.29) is 5.69 Å². The van der Waals surface area contributed by atoms with E-state index in [2.05, 4.69) is 19.4 Å². The van der Waals surface area contributed by atoms with E-state index in [9.17, 15) is 14.9 Å². The van der Waals surface area contributed by atoms with Gasteiger partial charge in [-0.3, -0.25) is 10.1 Å². The Morgan fingerprint density at radius 2 is 1.83 bits per heavy atom. The molecule has 0 aliphatic heterocycles. The lowest BCUT2D eigenvalue weighted by Crippen LogP contribution is -2.07. The first kappa shape index (κ1) is 28.6. The summed E-state index contributed by atoms with van der Waals surface area (Å²) >= 11 is 0. The lowest BCUT2D eigenvalue weighted by molar-refractivity contribution is -0.384. The highest BCUT2D eigenvalue weighted by Crippen LogP contribution is 2.25. The predicted molar refractivity (Wildman–Crippen MR) is 125 cm³/mol. The number of esters is 1. The molecule has 30 heavy (non-hydrogen) atoms. The summed E-state index contributed by atoms with van der Waals surface area (Å²) in [5.41, 5.74) is 2.51. The van der Waals surface area contributed by atoms with Gasteiger partial charge in [0, 0.05) is 23.5 Å². The molecule has 6 heteroatoms. The van der Waals surface area contributed by atoms with E-state index in [0.717, 1.165) is 5.69 Å². The van der Waals surface area contributed by atoms with Crippen LogP contribution in [0.2, 0.25) is 0 Å². The minimum absolute atomic E-state index is 0.000266. The molecule has 2 aromatic rings. The number of nitro benzene ring substituents is 1. The van der Waals surface area contributed by atoms with Crippen LogP contribution in [0.1, 0.15) is 56.4 Å². The monoisotopic (exact) mass is 412 g/mol. The maximum atomic E-state index is 12.1. The number of carbonyl (C=O) groups is 1. The summed E-state index contributed by atoms with van der Waals surface area (Å²) in [5.74, 6) is -0.403. The van der Waals surface area contributed by atoms with E-state index in [4.69, 9.17) is 4.74 Å². The highest BCUT2D eigenvalue weighted by atomic mass is 16.6. The van der Waals surface area contributed by atoms with Gasteiger partial charge in [0.15, 0.2) is 0 Å². The molecular formula is C24H32N2O4. The average molecular weight is 413 g/mol. The Morgan fingerprint density at radius 1 is 1.27 bits per heavy atom. The van der Waals surface area contributed by atoms with Crippen LogP contribution in [0.25, 0.3) is 11.8 Å². The van der Waals surface area contributed by atoms with Crippen LogP contribution in [-0.4, -0.2) is 22.1 Å². The van der Waals surface area contributed by atoms with Gasteiger partial charge in [0.25, 0.3) is 5.69 Å². The van der Waals surface area contributed by atoms with Gasteiger partial charge in [-0.15, -0.1) is 19.4 Å². The van der Waals surface area contributed by atoms with Gasteiger partial charge in [0.1, 0.15) is 0 Å². The number of non-ortho nitro benzene ring substituents is 1. The molecule has 0 amide bonds. The zero-order valence-electron chi connectivity index (χ0n) is 18.7. The summed E-state index contributed by atoms with van der Waals surface area (Å²) in [5, 5.41) is 11.0. The van der Waals surface area contributed by atoms with Crippen molar-refractivity contribution in [2.75, 3.05) is 6.61 Å². The maximum Gasteiger partial charge on any atom is 0.339 e. The molecule has 6 nitrogen and oxygen atoms in total. The van der Waals surface area contributed by atoms with Crippen molar-refractivity contribution in [3.63, 3.8) is 0 Å². The molecule has 0 bridgehead atoms. The summed E-state index contributed by atoms with van der Waals surface area (Å²) in [6.45, 7) is 14.9. The van der Waals surface area contributed by atoms with Gasteiger partial charge < -0.3 is 9.30 Å². The van der Waals surface area contributed by atoms with Gasteiger partial charge in [0.2, 0.25) is 0 Å². The Bertz CT molecular complexity index is 861. The van der Waals surface area contributed by atoms with Gasteiger partial charge in [-0.1, -0.05) is 32.1 Å². The topological polar surface area (TPSA) is 74.4 Å². The molecule has 162 valence electrons. The SMILES string of the molecule is C#C.C/C=C/c1cc(C(=O)OCC)c(C)n1-c1cccc([N+](=O)[O-])c1.C=CC.CC. The number of terminal acetylenes is 1. The number of nitro groups is 1. The number of hydrogen-bond acceptors (Lipinski definition) is 4. The first-order valence-electron chi connectivity index (χ1n) is 9.58. The molecule has 1 aromatic carbocycles. The van der Waals surface area contributed by atoms with Crippen molar-refractivity contribution in [1.82, 2.24) is 4.57 Å². The highest BCUT2D eigenvalue weighted by molar-refractivity contribution is 5.92. The van der Waals surface area contributed by atoms with E-state index >= 15 is 0 Å². The van der Waals surface area contributed by atoms with Gasteiger partial charge in [-0.25, -0.2) is 4.79 Å². The number of ether oxygens (including phenoxy) is 1. The molecular weight excluding hydrogens is 380 g/mol. The van der Waals surface area contributed by atoms with Gasteiger partial charge in [-0.2, -0.15) is 0 Å². The normalized spacial score (nSPS) is 9.07. The van der Waals surface area contributed by atoms with Crippen LogP contribution in [0.5, 0.6) is 0 Å². The Labute approximate surface area is 180 Å². The number of allylic oxidation sites excluding steroid dienone is 2. The van der Waals surface area contributed by atoms with Crippen LogP contribution < -0.4 is 0 Å². The maximum absolute atomic E-state index is 12.1. The van der Waals surface area contributed by atoms with Crippen molar-refractivity contribution in [2.24, 2.45) is 0 Å². The summed E-state index contributed by atoms with van der Waals surface area (Å²) in [6.07, 6.45) is 13.4. The predicted octanol–water partition coefficient (Wildman–Crippen LogP) is 6.37. The third-order valence-corrected chi connectivity index (χ3v) is 3.41. The molecule has 0 aliphatic carbocycles. The number of benzene rings is 1. The molecule has 0 saturated heterocycles. The van der Waals surface area contributed by atoms with Crippen molar-refractivity contribution in [1.29, 1.82) is 0 Å². The van der Waals surface area contributed by atoms with Crippen molar-refractivity contribution in [2.45, 2.75) is 41.5 Å². The second-order valence-electron chi connectivity index (χ2n) is 5.31. The Morgan fingerprint density at radius 3 is 2.30 bits per heavy atom. The van der Waals surface area contributed by atoms with E-state index in [1.54, 1.807) is 42.7 Å². The molecule has 1 aromatic heterocycles. The third-order valence-electron chi connectivity index (χ3n) is 3.41. The summed E-state index contributed by atoms with van der Waals surface area (Å²) in [6, 6.07) is 8.03. The molecule has 1 heterocycles. The quantitative estimate of drug-likeness (QED) is 0.188. The second kappa shape index (κ2) is 16.4.